The summed E-state index contributed by atoms with van der Waals surface area (Å²) in [6.45, 7) is 2.24. The van der Waals surface area contributed by atoms with Crippen molar-refractivity contribution in [3.05, 3.63) is 53.0 Å². The number of para-hydroxylation sites is 1. The molecule has 0 atom stereocenters. The maximum atomic E-state index is 12.0. The fourth-order valence-corrected chi connectivity index (χ4v) is 3.26. The predicted octanol–water partition coefficient (Wildman–Crippen LogP) is 8.20. The molecule has 150 valence electrons. The topological polar surface area (TPSA) is 29.1 Å². The van der Waals surface area contributed by atoms with E-state index >= 15 is 0 Å². The van der Waals surface area contributed by atoms with Crippen LogP contribution >= 0.6 is 15.9 Å². The second-order valence-corrected chi connectivity index (χ2v) is 7.86. The summed E-state index contributed by atoms with van der Waals surface area (Å²) in [6.07, 6.45) is 23.0. The average Bonchev–Trinajstić information content (AvgIpc) is 2.66. The van der Waals surface area contributed by atoms with Crippen LogP contribution in [0.5, 0.6) is 0 Å². The number of anilines is 1. The van der Waals surface area contributed by atoms with Gasteiger partial charge in [0.1, 0.15) is 0 Å². The molecule has 0 aliphatic rings. The van der Waals surface area contributed by atoms with E-state index in [1.807, 2.05) is 24.3 Å². The molecule has 0 unspecified atom stereocenters. The number of rotatable bonds is 15. The highest BCUT2D eigenvalue weighted by molar-refractivity contribution is 9.10. The van der Waals surface area contributed by atoms with Gasteiger partial charge in [-0.3, -0.25) is 4.79 Å². The Morgan fingerprint density at radius 3 is 2.22 bits per heavy atom. The summed E-state index contributed by atoms with van der Waals surface area (Å²) < 4.78 is 0.929. The first-order valence-electron chi connectivity index (χ1n) is 10.6. The van der Waals surface area contributed by atoms with Gasteiger partial charge in [-0.15, -0.1) is 0 Å². The molecule has 0 fully saturated rings. The summed E-state index contributed by atoms with van der Waals surface area (Å²) >= 11 is 3.45. The Labute approximate surface area is 174 Å². The molecule has 1 N–H and O–H groups in total. The number of halogens is 1. The molecule has 1 amide bonds. The summed E-state index contributed by atoms with van der Waals surface area (Å²) in [5, 5.41) is 2.96. The summed E-state index contributed by atoms with van der Waals surface area (Å²) in [4.78, 5) is 12.0. The minimum Gasteiger partial charge on any atom is -0.325 e. The molecule has 0 aliphatic heterocycles. The number of nitrogens with one attached hydrogen (secondary N) is 1. The minimum atomic E-state index is 0.104. The summed E-state index contributed by atoms with van der Waals surface area (Å²) in [6, 6.07) is 7.73. The SMILES string of the molecule is CCCCC/C=C\C/C=C\CCCCCCCC(=O)Nc1ccccc1Br. The molecule has 27 heavy (non-hydrogen) atoms. The molecule has 1 aromatic carbocycles. The van der Waals surface area contributed by atoms with E-state index < -0.39 is 0 Å². The van der Waals surface area contributed by atoms with Crippen LogP contribution in [0.3, 0.4) is 0 Å². The van der Waals surface area contributed by atoms with Crippen LogP contribution in [0.4, 0.5) is 5.69 Å². The van der Waals surface area contributed by atoms with E-state index in [-0.39, 0.29) is 5.91 Å². The monoisotopic (exact) mass is 433 g/mol. The van der Waals surface area contributed by atoms with Crippen molar-refractivity contribution in [2.75, 3.05) is 5.32 Å². The van der Waals surface area contributed by atoms with Crippen LogP contribution in [0.15, 0.2) is 53.0 Å². The molecule has 0 heterocycles. The quantitative estimate of drug-likeness (QED) is 0.219. The number of unbranched alkanes of at least 4 members (excludes halogenated alkanes) is 8. The summed E-state index contributed by atoms with van der Waals surface area (Å²) in [5.74, 6) is 0.104. The van der Waals surface area contributed by atoms with Crippen molar-refractivity contribution in [1.82, 2.24) is 0 Å². The normalized spacial score (nSPS) is 11.5. The number of carbonyl (C=O) groups is 1. The lowest BCUT2D eigenvalue weighted by molar-refractivity contribution is -0.116. The van der Waals surface area contributed by atoms with E-state index in [1.54, 1.807) is 0 Å². The van der Waals surface area contributed by atoms with Gasteiger partial charge in [0.15, 0.2) is 0 Å². The lowest BCUT2D eigenvalue weighted by Gasteiger charge is -2.07. The molecular weight excluding hydrogens is 398 g/mol. The van der Waals surface area contributed by atoms with Crippen molar-refractivity contribution < 1.29 is 4.79 Å². The smallest absolute Gasteiger partial charge is 0.224 e. The van der Waals surface area contributed by atoms with Gasteiger partial charge < -0.3 is 5.32 Å². The van der Waals surface area contributed by atoms with Crippen molar-refractivity contribution >= 4 is 27.5 Å². The Bertz CT molecular complexity index is 565. The van der Waals surface area contributed by atoms with Gasteiger partial charge in [-0.2, -0.15) is 0 Å². The fraction of sp³-hybridized carbons (Fsp3) is 0.542. The lowest BCUT2D eigenvalue weighted by Crippen LogP contribution is -2.11. The van der Waals surface area contributed by atoms with Gasteiger partial charge in [0.05, 0.1) is 5.69 Å². The van der Waals surface area contributed by atoms with Crippen molar-refractivity contribution in [1.29, 1.82) is 0 Å². The maximum absolute atomic E-state index is 12.0. The van der Waals surface area contributed by atoms with Crippen molar-refractivity contribution in [3.8, 4) is 0 Å². The third-order valence-corrected chi connectivity index (χ3v) is 5.19. The number of amides is 1. The standard InChI is InChI=1S/C24H36BrNO/c1-2-3-4-5-6-7-8-9-10-11-12-13-14-15-16-21-24(27)26-23-20-18-17-19-22(23)25/h6-7,9-10,17-20H,2-5,8,11-16,21H2,1H3,(H,26,27)/b7-6-,10-9-. The second kappa shape index (κ2) is 16.8. The minimum absolute atomic E-state index is 0.104. The van der Waals surface area contributed by atoms with Gasteiger partial charge in [-0.25, -0.2) is 0 Å². The third kappa shape index (κ3) is 13.5. The zero-order valence-electron chi connectivity index (χ0n) is 16.9. The fourth-order valence-electron chi connectivity index (χ4n) is 2.87. The molecule has 1 rings (SSSR count). The molecule has 3 heteroatoms. The molecule has 0 aliphatic carbocycles. The van der Waals surface area contributed by atoms with E-state index in [0.29, 0.717) is 6.42 Å². The Hall–Kier alpha value is -1.35. The van der Waals surface area contributed by atoms with Gasteiger partial charge in [0.2, 0.25) is 5.91 Å². The highest BCUT2D eigenvalue weighted by atomic mass is 79.9. The number of allylic oxidation sites excluding steroid dienone is 4. The van der Waals surface area contributed by atoms with Crippen molar-refractivity contribution in [2.45, 2.75) is 84.0 Å². The van der Waals surface area contributed by atoms with Gasteiger partial charge >= 0.3 is 0 Å². The van der Waals surface area contributed by atoms with Crippen LogP contribution < -0.4 is 5.32 Å². The van der Waals surface area contributed by atoms with E-state index in [9.17, 15) is 4.79 Å². The lowest BCUT2D eigenvalue weighted by atomic mass is 10.1. The van der Waals surface area contributed by atoms with E-state index in [4.69, 9.17) is 0 Å². The summed E-state index contributed by atoms with van der Waals surface area (Å²) in [5.41, 5.74) is 0.852. The van der Waals surface area contributed by atoms with Gasteiger partial charge in [0.25, 0.3) is 0 Å². The Morgan fingerprint density at radius 1 is 0.889 bits per heavy atom. The Balaban J connectivity index is 1.92. The van der Waals surface area contributed by atoms with Crippen LogP contribution in [0.1, 0.15) is 84.0 Å². The van der Waals surface area contributed by atoms with Crippen LogP contribution in [0, 0.1) is 0 Å². The van der Waals surface area contributed by atoms with E-state index in [2.05, 4.69) is 52.5 Å². The Morgan fingerprint density at radius 2 is 1.52 bits per heavy atom. The van der Waals surface area contributed by atoms with Crippen molar-refractivity contribution in [3.63, 3.8) is 0 Å². The van der Waals surface area contributed by atoms with Crippen LogP contribution in [-0.4, -0.2) is 5.91 Å². The molecule has 0 radical (unpaired) electrons. The number of carbonyl (C=O) groups excluding carboxylic acids is 1. The molecule has 0 aromatic heterocycles. The zero-order chi connectivity index (χ0) is 19.6. The van der Waals surface area contributed by atoms with Crippen molar-refractivity contribution in [2.24, 2.45) is 0 Å². The molecular formula is C24H36BrNO. The van der Waals surface area contributed by atoms with E-state index in [0.717, 1.165) is 29.4 Å². The Kier molecular flexibility index (Phi) is 14.7. The maximum Gasteiger partial charge on any atom is 0.224 e. The zero-order valence-corrected chi connectivity index (χ0v) is 18.5. The molecule has 0 saturated heterocycles. The van der Waals surface area contributed by atoms with Crippen LogP contribution in [0.25, 0.3) is 0 Å². The van der Waals surface area contributed by atoms with Gasteiger partial charge in [0, 0.05) is 10.9 Å². The number of benzene rings is 1. The highest BCUT2D eigenvalue weighted by Gasteiger charge is 2.04. The summed E-state index contributed by atoms with van der Waals surface area (Å²) in [7, 11) is 0. The molecule has 0 bridgehead atoms. The van der Waals surface area contributed by atoms with Gasteiger partial charge in [-0.1, -0.05) is 75.5 Å². The average molecular weight is 434 g/mol. The first-order chi connectivity index (χ1) is 13.2. The highest BCUT2D eigenvalue weighted by Crippen LogP contribution is 2.21. The van der Waals surface area contributed by atoms with E-state index in [1.165, 1.54) is 51.4 Å². The largest absolute Gasteiger partial charge is 0.325 e. The van der Waals surface area contributed by atoms with Gasteiger partial charge in [-0.05, 0) is 66.6 Å². The van der Waals surface area contributed by atoms with Crippen LogP contribution in [0.2, 0.25) is 0 Å². The third-order valence-electron chi connectivity index (χ3n) is 4.50. The predicted molar refractivity (Wildman–Crippen MR) is 122 cm³/mol. The first-order valence-corrected chi connectivity index (χ1v) is 11.4. The molecule has 0 spiro atoms. The second-order valence-electron chi connectivity index (χ2n) is 7.01. The molecule has 2 nitrogen and oxygen atoms in total. The van der Waals surface area contributed by atoms with Crippen LogP contribution in [-0.2, 0) is 4.79 Å². The first kappa shape index (κ1) is 23.7. The molecule has 0 saturated carbocycles. The molecule has 1 aromatic rings. The number of hydrogen-bond donors (Lipinski definition) is 1. The number of hydrogen-bond acceptors (Lipinski definition) is 1.